The molecule has 1 aromatic heterocycles. The van der Waals surface area contributed by atoms with E-state index in [1.807, 2.05) is 30.1 Å². The lowest BCUT2D eigenvalue weighted by molar-refractivity contribution is -0.136. The fourth-order valence-corrected chi connectivity index (χ4v) is 5.45. The molecule has 1 unspecified atom stereocenters. The fourth-order valence-electron chi connectivity index (χ4n) is 5.45. The van der Waals surface area contributed by atoms with E-state index in [9.17, 15) is 14.4 Å². The third kappa shape index (κ3) is 3.56. The van der Waals surface area contributed by atoms with Crippen LogP contribution in [0.5, 0.6) is 0 Å². The van der Waals surface area contributed by atoms with Gasteiger partial charge in [0.05, 0.1) is 6.20 Å². The average Bonchev–Trinajstić information content (AvgIpc) is 3.15. The number of piperidine rings is 1. The second-order valence-electron chi connectivity index (χ2n) is 9.03. The molecule has 1 N–H and O–H groups in total. The molecule has 0 spiro atoms. The van der Waals surface area contributed by atoms with E-state index >= 15 is 0 Å². The van der Waals surface area contributed by atoms with Gasteiger partial charge in [-0.05, 0) is 42.5 Å². The number of rotatable bonds is 3. The summed E-state index contributed by atoms with van der Waals surface area (Å²) in [5.74, 6) is -0.262. The van der Waals surface area contributed by atoms with E-state index in [0.717, 1.165) is 16.7 Å². The number of nitrogens with one attached hydrogen (secondary N) is 1. The lowest BCUT2D eigenvalue weighted by Crippen LogP contribution is -2.52. The molecule has 1 aromatic carbocycles. The van der Waals surface area contributed by atoms with Gasteiger partial charge in [-0.15, -0.1) is 0 Å². The van der Waals surface area contributed by atoms with Gasteiger partial charge in [-0.1, -0.05) is 31.7 Å². The molecule has 1 saturated carbocycles. The van der Waals surface area contributed by atoms with Crippen LogP contribution in [0.2, 0.25) is 0 Å². The van der Waals surface area contributed by atoms with Gasteiger partial charge >= 0.3 is 0 Å². The minimum absolute atomic E-state index is 0.133. The van der Waals surface area contributed by atoms with Gasteiger partial charge < -0.3 is 4.90 Å². The minimum atomic E-state index is -0.582. The number of amides is 3. The van der Waals surface area contributed by atoms with Crippen LogP contribution in [0.1, 0.15) is 78.9 Å². The first-order valence-electron chi connectivity index (χ1n) is 11.3. The van der Waals surface area contributed by atoms with Crippen molar-refractivity contribution in [3.63, 3.8) is 0 Å². The predicted molar refractivity (Wildman–Crippen MR) is 115 cm³/mol. The van der Waals surface area contributed by atoms with Crippen LogP contribution >= 0.6 is 0 Å². The first-order valence-corrected chi connectivity index (χ1v) is 11.3. The second-order valence-corrected chi connectivity index (χ2v) is 9.03. The van der Waals surface area contributed by atoms with Crippen LogP contribution in [-0.4, -0.2) is 38.4 Å². The number of hydrogen-bond donors (Lipinski definition) is 1. The summed E-state index contributed by atoms with van der Waals surface area (Å²) in [6.07, 6.45) is 10.1. The van der Waals surface area contributed by atoms with Crippen molar-refractivity contribution in [1.29, 1.82) is 0 Å². The summed E-state index contributed by atoms with van der Waals surface area (Å²) in [6.45, 7) is 0.396. The van der Waals surface area contributed by atoms with Crippen molar-refractivity contribution in [2.24, 2.45) is 7.05 Å². The summed E-state index contributed by atoms with van der Waals surface area (Å²) in [5.41, 5.74) is 5.08. The maximum atomic E-state index is 13.0. The maximum absolute atomic E-state index is 13.0. The molecular weight excluding hydrogens is 392 g/mol. The zero-order chi connectivity index (χ0) is 21.5. The summed E-state index contributed by atoms with van der Waals surface area (Å²) in [6, 6.07) is 5.38. The van der Waals surface area contributed by atoms with Crippen LogP contribution in [0.25, 0.3) is 11.1 Å². The molecular formula is C24H28N4O3. The van der Waals surface area contributed by atoms with E-state index in [1.54, 1.807) is 4.90 Å². The van der Waals surface area contributed by atoms with E-state index in [-0.39, 0.29) is 24.1 Å². The summed E-state index contributed by atoms with van der Waals surface area (Å²) >= 11 is 0. The van der Waals surface area contributed by atoms with Gasteiger partial charge in [0.1, 0.15) is 6.04 Å². The molecule has 2 aliphatic heterocycles. The molecule has 2 aromatic rings. The van der Waals surface area contributed by atoms with E-state index in [2.05, 4.69) is 16.5 Å². The normalized spacial score (nSPS) is 22.4. The first-order chi connectivity index (χ1) is 15.0. The summed E-state index contributed by atoms with van der Waals surface area (Å²) in [4.78, 5) is 38.3. The molecule has 0 radical (unpaired) electrons. The number of aryl methyl sites for hydroxylation is 1. The predicted octanol–water partition coefficient (Wildman–Crippen LogP) is 3.29. The molecule has 1 saturated heterocycles. The van der Waals surface area contributed by atoms with Gasteiger partial charge in [0.25, 0.3) is 5.91 Å². The van der Waals surface area contributed by atoms with Gasteiger partial charge in [0.15, 0.2) is 0 Å². The molecule has 3 aliphatic rings. The maximum Gasteiger partial charge on any atom is 0.255 e. The van der Waals surface area contributed by atoms with Crippen LogP contribution in [0.15, 0.2) is 24.4 Å². The highest BCUT2D eigenvalue weighted by Crippen LogP contribution is 2.38. The van der Waals surface area contributed by atoms with Gasteiger partial charge in [-0.3, -0.25) is 24.4 Å². The Morgan fingerprint density at radius 1 is 1.00 bits per heavy atom. The Morgan fingerprint density at radius 3 is 2.52 bits per heavy atom. The van der Waals surface area contributed by atoms with Crippen molar-refractivity contribution >= 4 is 17.7 Å². The second kappa shape index (κ2) is 7.94. The van der Waals surface area contributed by atoms with Crippen LogP contribution in [0, 0.1) is 0 Å². The zero-order valence-electron chi connectivity index (χ0n) is 17.9. The number of carbonyl (C=O) groups is 3. The molecule has 0 bridgehead atoms. The molecule has 7 nitrogen and oxygen atoms in total. The highest BCUT2D eigenvalue weighted by atomic mass is 16.2. The Hall–Kier alpha value is -2.96. The Morgan fingerprint density at radius 2 is 1.77 bits per heavy atom. The van der Waals surface area contributed by atoms with Crippen LogP contribution in [0.3, 0.4) is 0 Å². The van der Waals surface area contributed by atoms with E-state index in [0.29, 0.717) is 24.4 Å². The average molecular weight is 421 g/mol. The topological polar surface area (TPSA) is 84.3 Å². The van der Waals surface area contributed by atoms with Gasteiger partial charge in [0.2, 0.25) is 11.8 Å². The molecule has 1 atom stereocenters. The number of carbonyl (C=O) groups excluding carboxylic acids is 3. The molecule has 3 amide bonds. The third-order valence-corrected chi connectivity index (χ3v) is 7.06. The zero-order valence-corrected chi connectivity index (χ0v) is 17.9. The highest BCUT2D eigenvalue weighted by Gasteiger charge is 2.39. The van der Waals surface area contributed by atoms with Gasteiger partial charge in [-0.25, -0.2) is 0 Å². The summed E-state index contributed by atoms with van der Waals surface area (Å²) in [5, 5.41) is 6.93. The Labute approximate surface area is 181 Å². The number of fused-ring (bicyclic) bond motifs is 1. The Balaban J connectivity index is 1.44. The quantitative estimate of drug-likeness (QED) is 0.610. The van der Waals surface area contributed by atoms with Gasteiger partial charge in [-0.2, -0.15) is 5.10 Å². The molecule has 31 heavy (non-hydrogen) atoms. The molecule has 5 rings (SSSR count). The molecule has 162 valence electrons. The standard InChI is InChI=1S/C24H28N4O3/c1-27-22(15-6-4-2-3-5-7-15)19(13-25-27)16-8-9-18-17(12-16)14-28(24(18)31)20-10-11-21(29)26-23(20)30/h8-9,12-13,15,20H,2-7,10-11,14H2,1H3,(H,26,29,30). The smallest absolute Gasteiger partial charge is 0.255 e. The molecule has 3 heterocycles. The van der Waals surface area contributed by atoms with Crippen molar-refractivity contribution in [2.75, 3.05) is 0 Å². The van der Waals surface area contributed by atoms with E-state index < -0.39 is 6.04 Å². The number of imide groups is 1. The Kier molecular flexibility index (Phi) is 5.12. The van der Waals surface area contributed by atoms with Crippen molar-refractivity contribution in [2.45, 2.75) is 69.9 Å². The molecule has 1 aliphatic carbocycles. The number of aromatic nitrogens is 2. The van der Waals surface area contributed by atoms with Crippen LogP contribution < -0.4 is 5.32 Å². The largest absolute Gasteiger partial charge is 0.322 e. The minimum Gasteiger partial charge on any atom is -0.322 e. The van der Waals surface area contributed by atoms with Crippen LogP contribution in [0.4, 0.5) is 0 Å². The van der Waals surface area contributed by atoms with E-state index in [4.69, 9.17) is 0 Å². The molecule has 7 heteroatoms. The lowest BCUT2D eigenvalue weighted by atomic mass is 9.90. The van der Waals surface area contributed by atoms with Crippen molar-refractivity contribution in [3.8, 4) is 11.1 Å². The van der Waals surface area contributed by atoms with Crippen LogP contribution in [-0.2, 0) is 23.2 Å². The number of benzene rings is 1. The molecule has 2 fully saturated rings. The van der Waals surface area contributed by atoms with Gasteiger partial charge in [0, 0.05) is 42.8 Å². The van der Waals surface area contributed by atoms with E-state index in [1.165, 1.54) is 44.2 Å². The fraction of sp³-hybridized carbons (Fsp3) is 0.500. The summed E-state index contributed by atoms with van der Waals surface area (Å²) in [7, 11) is 2.02. The summed E-state index contributed by atoms with van der Waals surface area (Å²) < 4.78 is 2.01. The lowest BCUT2D eigenvalue weighted by Gasteiger charge is -2.29. The monoisotopic (exact) mass is 420 g/mol. The van der Waals surface area contributed by atoms with Crippen molar-refractivity contribution in [3.05, 3.63) is 41.2 Å². The first kappa shape index (κ1) is 20.0. The third-order valence-electron chi connectivity index (χ3n) is 7.06. The highest BCUT2D eigenvalue weighted by molar-refractivity contribution is 6.05. The Bertz CT molecular complexity index is 1050. The number of nitrogens with zero attached hydrogens (tertiary/aromatic N) is 3. The number of hydrogen-bond acceptors (Lipinski definition) is 4. The van der Waals surface area contributed by atoms with Crippen molar-refractivity contribution < 1.29 is 14.4 Å². The van der Waals surface area contributed by atoms with Crippen molar-refractivity contribution in [1.82, 2.24) is 20.0 Å². The SMILES string of the molecule is Cn1ncc(-c2ccc3c(c2)CN(C2CCC(=O)NC2=O)C3=O)c1C1CCCCCC1.